The summed E-state index contributed by atoms with van der Waals surface area (Å²) in [5.41, 5.74) is -12.7. The maximum atomic E-state index is 11.6. The van der Waals surface area contributed by atoms with Crippen LogP contribution in [-0.2, 0) is 0 Å². The molecule has 0 heterocycles. The number of carboxylic acids is 7. The molecular formula is C17HNa7O14. The molecule has 0 saturated carbocycles. The molecule has 2 rings (SSSR count). The molecule has 0 spiro atoms. The summed E-state index contributed by atoms with van der Waals surface area (Å²) in [6.07, 6.45) is 0. The molecule has 0 atom stereocenters. The zero-order chi connectivity index (χ0) is 23.9. The molecule has 0 aliphatic heterocycles. The Balaban J connectivity index is -0.000000366. The molecule has 21 heteroatoms. The number of hydrogen-bond donors (Lipinski definition) is 0. The Hall–Kier alpha value is 1.99. The number of benzene rings is 2. The van der Waals surface area contributed by atoms with Gasteiger partial charge in [0.15, 0.2) is 0 Å². The van der Waals surface area contributed by atoms with Crippen LogP contribution in [0.3, 0.4) is 0 Å². The Morgan fingerprint density at radius 3 is 0.895 bits per heavy atom. The second kappa shape index (κ2) is 21.6. The van der Waals surface area contributed by atoms with E-state index in [0.717, 1.165) is 0 Å². The van der Waals surface area contributed by atoms with E-state index in [4.69, 9.17) is 0 Å². The first kappa shape index (κ1) is 52.6. The summed E-state index contributed by atoms with van der Waals surface area (Å²) in [5, 5.41) is 77.3. The van der Waals surface area contributed by atoms with Gasteiger partial charge in [-0.3, -0.25) is 0 Å². The van der Waals surface area contributed by atoms with Gasteiger partial charge in [0, 0.05) is 44.3 Å². The van der Waals surface area contributed by atoms with Gasteiger partial charge in [0.25, 0.3) is 0 Å². The molecule has 0 saturated heterocycles. The minimum absolute atomic E-state index is 0. The SMILES string of the molecule is O=C([O-])c1cc2c(C(=O)[O-])c(C(=O)[O-])c(C(=O)[O-])c(C(=O)[O-])c2c(C(=O)[O-])c1C(=O)[O-].[Na+].[Na+].[Na+].[Na+].[Na+].[Na+].[Na+]. The minimum atomic E-state index is -2.67. The zero-order valence-electron chi connectivity index (χ0n) is 21.3. The first-order valence-electron chi connectivity index (χ1n) is 7.44. The van der Waals surface area contributed by atoms with E-state index in [0.29, 0.717) is 0 Å². The quantitative estimate of drug-likeness (QED) is 0.271. The van der Waals surface area contributed by atoms with Crippen LogP contribution in [0.1, 0.15) is 72.5 Å². The molecule has 0 fully saturated rings. The average Bonchev–Trinajstić information content (AvgIpc) is 2.62. The standard InChI is InChI=1S/C17H8O14.7Na/c18-11(19)3-1-2-4(7(14(24)25)6(3)13(22)23)8(15(26)27)10(17(30)31)9(16(28)29)5(2)12(20)21;;;;;;;/h1H,(H,18,19)(H,20,21)(H,22,23)(H,24,25)(H,26,27)(H,28,29)(H,30,31);;;;;;;/q;7*+1/p-7. The van der Waals surface area contributed by atoms with E-state index in [1.54, 1.807) is 0 Å². The number of rotatable bonds is 7. The van der Waals surface area contributed by atoms with Gasteiger partial charge in [-0.1, -0.05) is 0 Å². The molecule has 0 amide bonds. The second-order valence-corrected chi connectivity index (χ2v) is 5.61. The number of carbonyl (C=O) groups is 7. The average molecular weight is 590 g/mol. The van der Waals surface area contributed by atoms with Gasteiger partial charge in [0.05, 0.1) is 41.8 Å². The summed E-state index contributed by atoms with van der Waals surface area (Å²) in [5.74, 6) is -18.1. The smallest absolute Gasteiger partial charge is 0.545 e. The molecule has 0 aliphatic carbocycles. The topological polar surface area (TPSA) is 281 Å². The molecule has 0 unspecified atom stereocenters. The Labute approximate surface area is 366 Å². The van der Waals surface area contributed by atoms with Crippen molar-refractivity contribution in [1.29, 1.82) is 0 Å². The third-order valence-corrected chi connectivity index (χ3v) is 4.04. The van der Waals surface area contributed by atoms with Crippen LogP contribution in [0, 0.1) is 0 Å². The van der Waals surface area contributed by atoms with Gasteiger partial charge in [0.2, 0.25) is 0 Å². The fourth-order valence-corrected chi connectivity index (χ4v) is 3.05. The van der Waals surface area contributed by atoms with Crippen LogP contribution < -0.4 is 243 Å². The van der Waals surface area contributed by atoms with E-state index in [1.165, 1.54) is 0 Å². The van der Waals surface area contributed by atoms with E-state index in [2.05, 4.69) is 0 Å². The van der Waals surface area contributed by atoms with Crippen LogP contribution in [0.15, 0.2) is 6.07 Å². The Morgan fingerprint density at radius 1 is 0.368 bits per heavy atom. The predicted molar refractivity (Wildman–Crippen MR) is 74.3 cm³/mol. The number of carbonyl (C=O) groups excluding carboxylic acids is 7. The van der Waals surface area contributed by atoms with E-state index in [1.807, 2.05) is 0 Å². The van der Waals surface area contributed by atoms with E-state index in [-0.39, 0.29) is 213 Å². The van der Waals surface area contributed by atoms with Crippen LogP contribution in [0.25, 0.3) is 10.8 Å². The second-order valence-electron chi connectivity index (χ2n) is 5.61. The van der Waals surface area contributed by atoms with E-state index >= 15 is 0 Å². The Morgan fingerprint density at radius 2 is 0.632 bits per heavy atom. The molecule has 0 aliphatic rings. The van der Waals surface area contributed by atoms with Gasteiger partial charge in [-0.25, -0.2) is 0 Å². The zero-order valence-corrected chi connectivity index (χ0v) is 35.3. The van der Waals surface area contributed by atoms with Crippen LogP contribution in [0.2, 0.25) is 0 Å². The van der Waals surface area contributed by atoms with Gasteiger partial charge in [-0.15, -0.1) is 0 Å². The minimum Gasteiger partial charge on any atom is -0.545 e. The third kappa shape index (κ3) is 10.6. The van der Waals surface area contributed by atoms with E-state index in [9.17, 15) is 69.3 Å². The molecule has 2 aromatic rings. The van der Waals surface area contributed by atoms with Crippen molar-refractivity contribution >= 4 is 52.6 Å². The van der Waals surface area contributed by atoms with Crippen molar-refractivity contribution in [2.75, 3.05) is 0 Å². The largest absolute Gasteiger partial charge is 1.00 e. The number of fused-ring (bicyclic) bond motifs is 1. The number of aromatic carboxylic acids is 7. The van der Waals surface area contributed by atoms with Gasteiger partial charge in [0.1, 0.15) is 0 Å². The molecular weight excluding hydrogens is 589 g/mol. The van der Waals surface area contributed by atoms with Crippen molar-refractivity contribution < 1.29 is 276 Å². The normalized spacial score (nSPS) is 8.53. The first-order valence-corrected chi connectivity index (χ1v) is 7.44. The molecule has 0 bridgehead atoms. The third-order valence-electron chi connectivity index (χ3n) is 4.04. The van der Waals surface area contributed by atoms with Crippen LogP contribution >= 0.6 is 0 Å². The number of hydrogen-bond acceptors (Lipinski definition) is 14. The van der Waals surface area contributed by atoms with Crippen molar-refractivity contribution in [3.63, 3.8) is 0 Å². The van der Waals surface area contributed by atoms with Gasteiger partial charge >= 0.3 is 207 Å². The Kier molecular flexibility index (Phi) is 30.0. The summed E-state index contributed by atoms with van der Waals surface area (Å²) >= 11 is 0. The molecule has 0 N–H and O–H groups in total. The molecule has 0 aromatic heterocycles. The van der Waals surface area contributed by atoms with Crippen molar-refractivity contribution in [2.45, 2.75) is 0 Å². The first-order chi connectivity index (χ1) is 14.2. The van der Waals surface area contributed by atoms with Gasteiger partial charge in [-0.2, -0.15) is 0 Å². The van der Waals surface area contributed by atoms with Crippen molar-refractivity contribution in [2.24, 2.45) is 0 Å². The van der Waals surface area contributed by atoms with E-state index < -0.39 is 91.5 Å². The van der Waals surface area contributed by atoms with Crippen molar-refractivity contribution in [3.05, 3.63) is 45.0 Å². The Bertz CT molecular complexity index is 1270. The summed E-state index contributed by atoms with van der Waals surface area (Å²) in [4.78, 5) is 80.2. The maximum absolute atomic E-state index is 11.6. The molecule has 160 valence electrons. The predicted octanol–water partition coefficient (Wildman–Crippen LogP) is -29.6. The van der Waals surface area contributed by atoms with Crippen molar-refractivity contribution in [3.8, 4) is 0 Å². The van der Waals surface area contributed by atoms with Crippen molar-refractivity contribution in [1.82, 2.24) is 0 Å². The maximum Gasteiger partial charge on any atom is 1.00 e. The number of carboxylic acid groups (broad SMARTS) is 7. The molecule has 38 heavy (non-hydrogen) atoms. The summed E-state index contributed by atoms with van der Waals surface area (Å²) < 4.78 is 0. The fraction of sp³-hybridized carbons (Fsp3) is 0. The van der Waals surface area contributed by atoms with Crippen LogP contribution in [-0.4, -0.2) is 41.8 Å². The summed E-state index contributed by atoms with van der Waals surface area (Å²) in [6, 6.07) is 0.0192. The fourth-order valence-electron chi connectivity index (χ4n) is 3.05. The van der Waals surface area contributed by atoms with Crippen LogP contribution in [0.5, 0.6) is 0 Å². The monoisotopic (exact) mass is 590 g/mol. The van der Waals surface area contributed by atoms with Crippen LogP contribution in [0.4, 0.5) is 0 Å². The van der Waals surface area contributed by atoms with Gasteiger partial charge in [-0.05, 0) is 11.5 Å². The molecule has 14 nitrogen and oxygen atoms in total. The molecule has 2 aromatic carbocycles. The van der Waals surface area contributed by atoms with Gasteiger partial charge < -0.3 is 69.3 Å². The molecule has 0 radical (unpaired) electrons. The summed E-state index contributed by atoms with van der Waals surface area (Å²) in [6.45, 7) is 0. The summed E-state index contributed by atoms with van der Waals surface area (Å²) in [7, 11) is 0.